The third kappa shape index (κ3) is 4.82. The van der Waals surface area contributed by atoms with E-state index in [4.69, 9.17) is 10.5 Å². The van der Waals surface area contributed by atoms with Gasteiger partial charge in [-0.1, -0.05) is 23.8 Å². The number of ether oxygens (including phenoxy) is 1. The smallest absolute Gasteiger partial charge is 0.418 e. The number of aromatic amines is 1. The molecule has 5 aromatic rings. The summed E-state index contributed by atoms with van der Waals surface area (Å²) in [5.41, 5.74) is 7.17. The summed E-state index contributed by atoms with van der Waals surface area (Å²) in [5, 5.41) is 0.992. The van der Waals surface area contributed by atoms with Crippen molar-refractivity contribution >= 4 is 16.6 Å². The SMILES string of the molecule is Cc1ccc(Cn2c(-c3ccc(Oc4ccc5[nH]ccc5c4)cc3)cc(C(F)(F)F)c(N)c2=O)c(C)c1. The summed E-state index contributed by atoms with van der Waals surface area (Å²) in [7, 11) is 0. The second-order valence-electron chi connectivity index (χ2n) is 9.03. The predicted octanol–water partition coefficient (Wildman–Crippen LogP) is 7.06. The number of pyridine rings is 1. The number of benzene rings is 3. The minimum Gasteiger partial charge on any atom is -0.457 e. The number of nitrogens with zero attached hydrogens (tertiary/aromatic N) is 1. The maximum Gasteiger partial charge on any atom is 0.418 e. The molecule has 3 aromatic carbocycles. The number of halogens is 3. The van der Waals surface area contributed by atoms with Crippen molar-refractivity contribution in [2.75, 3.05) is 5.73 Å². The summed E-state index contributed by atoms with van der Waals surface area (Å²) < 4.78 is 48.4. The predicted molar refractivity (Wildman–Crippen MR) is 139 cm³/mol. The summed E-state index contributed by atoms with van der Waals surface area (Å²) in [6.07, 6.45) is -2.93. The van der Waals surface area contributed by atoms with Crippen molar-refractivity contribution < 1.29 is 17.9 Å². The number of anilines is 1. The maximum absolute atomic E-state index is 13.7. The van der Waals surface area contributed by atoms with Gasteiger partial charge in [-0.15, -0.1) is 0 Å². The van der Waals surface area contributed by atoms with Crippen LogP contribution in [0.25, 0.3) is 22.2 Å². The summed E-state index contributed by atoms with van der Waals surface area (Å²) in [6.45, 7) is 3.93. The fourth-order valence-corrected chi connectivity index (χ4v) is 4.41. The van der Waals surface area contributed by atoms with Gasteiger partial charge in [0.2, 0.25) is 0 Å². The van der Waals surface area contributed by atoms with Crippen LogP contribution in [-0.2, 0) is 12.7 Å². The molecule has 0 unspecified atom stereocenters. The molecule has 0 saturated heterocycles. The maximum atomic E-state index is 13.7. The highest BCUT2D eigenvalue weighted by molar-refractivity contribution is 5.80. The van der Waals surface area contributed by atoms with E-state index in [0.717, 1.165) is 33.7 Å². The highest BCUT2D eigenvalue weighted by atomic mass is 19.4. The van der Waals surface area contributed by atoms with E-state index in [1.54, 1.807) is 24.3 Å². The van der Waals surface area contributed by atoms with Gasteiger partial charge in [0.25, 0.3) is 5.56 Å². The zero-order valence-electron chi connectivity index (χ0n) is 20.2. The lowest BCUT2D eigenvalue weighted by atomic mass is 10.0. The summed E-state index contributed by atoms with van der Waals surface area (Å²) in [4.78, 5) is 16.2. The Kier molecular flexibility index (Phi) is 6.03. The number of nitrogens with one attached hydrogen (secondary N) is 1. The van der Waals surface area contributed by atoms with Crippen molar-refractivity contribution in [3.63, 3.8) is 0 Å². The minimum atomic E-state index is -4.77. The highest BCUT2D eigenvalue weighted by Gasteiger charge is 2.35. The summed E-state index contributed by atoms with van der Waals surface area (Å²) in [6, 6.07) is 20.8. The van der Waals surface area contributed by atoms with E-state index in [1.807, 2.05) is 62.5 Å². The van der Waals surface area contributed by atoms with Crippen molar-refractivity contribution in [1.29, 1.82) is 0 Å². The second kappa shape index (κ2) is 9.20. The van der Waals surface area contributed by atoms with E-state index < -0.39 is 23.0 Å². The van der Waals surface area contributed by atoms with E-state index in [1.165, 1.54) is 4.57 Å². The van der Waals surface area contributed by atoms with Gasteiger partial charge >= 0.3 is 6.18 Å². The van der Waals surface area contributed by atoms with Crippen LogP contribution in [0.4, 0.5) is 18.9 Å². The first kappa shape index (κ1) is 24.2. The molecule has 0 spiro atoms. The van der Waals surface area contributed by atoms with Gasteiger partial charge < -0.3 is 20.0 Å². The molecule has 0 atom stereocenters. The lowest BCUT2D eigenvalue weighted by Crippen LogP contribution is -2.29. The molecule has 0 aliphatic rings. The van der Waals surface area contributed by atoms with Crippen LogP contribution in [0.1, 0.15) is 22.3 Å². The fraction of sp³-hybridized carbons (Fsp3) is 0.138. The molecule has 37 heavy (non-hydrogen) atoms. The molecule has 2 heterocycles. The molecule has 0 aliphatic heterocycles. The number of alkyl halides is 3. The normalized spacial score (nSPS) is 11.7. The monoisotopic (exact) mass is 503 g/mol. The molecule has 0 bridgehead atoms. The van der Waals surface area contributed by atoms with Crippen molar-refractivity contribution in [2.24, 2.45) is 0 Å². The molecule has 0 aliphatic carbocycles. The second-order valence-corrected chi connectivity index (χ2v) is 9.03. The molecule has 0 amide bonds. The summed E-state index contributed by atoms with van der Waals surface area (Å²) >= 11 is 0. The number of H-pyrrole nitrogens is 1. The molecule has 3 N–H and O–H groups in total. The Morgan fingerprint density at radius 3 is 2.35 bits per heavy atom. The molecule has 0 radical (unpaired) electrons. The standard InChI is InChI=1S/C29H24F3N3O2/c1-17-3-4-21(18(2)13-17)16-35-26(15-24(29(30,31)32)27(33)28(35)36)19-5-7-22(8-6-19)37-23-9-10-25-20(14-23)11-12-34-25/h3-15,34H,16,33H2,1-2H3. The third-order valence-electron chi connectivity index (χ3n) is 6.38. The molecule has 188 valence electrons. The number of rotatable bonds is 5. The highest BCUT2D eigenvalue weighted by Crippen LogP contribution is 2.36. The Morgan fingerprint density at radius 2 is 1.65 bits per heavy atom. The number of hydrogen-bond acceptors (Lipinski definition) is 3. The molecule has 0 saturated carbocycles. The van der Waals surface area contributed by atoms with Gasteiger partial charge in [-0.05, 0) is 85.1 Å². The molecule has 8 heteroatoms. The number of aromatic nitrogens is 2. The lowest BCUT2D eigenvalue weighted by Gasteiger charge is -2.19. The first-order valence-electron chi connectivity index (χ1n) is 11.6. The zero-order valence-corrected chi connectivity index (χ0v) is 20.2. The van der Waals surface area contributed by atoms with Crippen LogP contribution >= 0.6 is 0 Å². The van der Waals surface area contributed by atoms with E-state index in [2.05, 4.69) is 4.98 Å². The van der Waals surface area contributed by atoms with Crippen molar-refractivity contribution in [3.8, 4) is 22.8 Å². The number of nitrogens with two attached hydrogens (primary N) is 1. The van der Waals surface area contributed by atoms with Crippen LogP contribution in [0.5, 0.6) is 11.5 Å². The Morgan fingerprint density at radius 1 is 0.919 bits per heavy atom. The first-order chi connectivity index (χ1) is 17.6. The minimum absolute atomic E-state index is 0.0809. The van der Waals surface area contributed by atoms with Crippen LogP contribution in [0.15, 0.2) is 83.8 Å². The molecule has 2 aromatic heterocycles. The van der Waals surface area contributed by atoms with Crippen LogP contribution < -0.4 is 16.0 Å². The van der Waals surface area contributed by atoms with Crippen LogP contribution in [-0.4, -0.2) is 9.55 Å². The molecule has 0 fully saturated rings. The largest absolute Gasteiger partial charge is 0.457 e. The molecular formula is C29H24F3N3O2. The Labute approximate surface area is 210 Å². The van der Waals surface area contributed by atoms with E-state index >= 15 is 0 Å². The average Bonchev–Trinajstić information content (AvgIpc) is 3.31. The summed E-state index contributed by atoms with van der Waals surface area (Å²) in [5.74, 6) is 1.13. The van der Waals surface area contributed by atoms with Crippen LogP contribution in [0.2, 0.25) is 0 Å². The third-order valence-corrected chi connectivity index (χ3v) is 6.38. The van der Waals surface area contributed by atoms with Gasteiger partial charge in [0.05, 0.1) is 17.8 Å². The number of fused-ring (bicyclic) bond motifs is 1. The van der Waals surface area contributed by atoms with Gasteiger partial charge in [-0.3, -0.25) is 4.79 Å². The number of aryl methyl sites for hydroxylation is 2. The topological polar surface area (TPSA) is 73.0 Å². The molecule has 5 rings (SSSR count). The first-order valence-corrected chi connectivity index (χ1v) is 11.6. The Hall–Kier alpha value is -4.46. The van der Waals surface area contributed by atoms with Gasteiger partial charge in [-0.2, -0.15) is 13.2 Å². The Balaban J connectivity index is 1.55. The van der Waals surface area contributed by atoms with Crippen LogP contribution in [0.3, 0.4) is 0 Å². The quantitative estimate of drug-likeness (QED) is 0.270. The van der Waals surface area contributed by atoms with Gasteiger partial charge in [0.1, 0.15) is 17.2 Å². The van der Waals surface area contributed by atoms with E-state index in [-0.39, 0.29) is 12.2 Å². The Bertz CT molecular complexity index is 1670. The van der Waals surface area contributed by atoms with E-state index in [0.29, 0.717) is 17.1 Å². The average molecular weight is 504 g/mol. The van der Waals surface area contributed by atoms with Gasteiger partial charge in [0.15, 0.2) is 0 Å². The molecular weight excluding hydrogens is 479 g/mol. The van der Waals surface area contributed by atoms with Gasteiger partial charge in [0, 0.05) is 17.1 Å². The molecule has 5 nitrogen and oxygen atoms in total. The van der Waals surface area contributed by atoms with Crippen molar-refractivity contribution in [3.05, 3.63) is 112 Å². The fourth-order valence-electron chi connectivity index (χ4n) is 4.41. The van der Waals surface area contributed by atoms with Crippen molar-refractivity contribution in [2.45, 2.75) is 26.6 Å². The van der Waals surface area contributed by atoms with Crippen LogP contribution in [0, 0.1) is 13.8 Å². The van der Waals surface area contributed by atoms with Crippen molar-refractivity contribution in [1.82, 2.24) is 9.55 Å². The lowest BCUT2D eigenvalue weighted by molar-refractivity contribution is -0.137. The van der Waals surface area contributed by atoms with E-state index in [9.17, 15) is 18.0 Å². The van der Waals surface area contributed by atoms with Gasteiger partial charge in [-0.25, -0.2) is 0 Å². The number of nitrogen functional groups attached to an aromatic ring is 1. The zero-order chi connectivity index (χ0) is 26.3. The number of hydrogen-bond donors (Lipinski definition) is 2.